The fraction of sp³-hybridized carbons (Fsp3) is 0.188. The summed E-state index contributed by atoms with van der Waals surface area (Å²) in [5.74, 6) is 0.298. The van der Waals surface area contributed by atoms with Crippen molar-refractivity contribution >= 4 is 33.5 Å². The predicted octanol–water partition coefficient (Wildman–Crippen LogP) is 2.88. The molecule has 5 heteroatoms. The summed E-state index contributed by atoms with van der Waals surface area (Å²) in [7, 11) is 1.56. The molecule has 0 aliphatic heterocycles. The Balaban J connectivity index is 2.17. The van der Waals surface area contributed by atoms with Gasteiger partial charge in [-0.05, 0) is 19.1 Å². The minimum Gasteiger partial charge on any atom is -0.495 e. The zero-order valence-electron chi connectivity index (χ0n) is 11.8. The highest BCUT2D eigenvalue weighted by atomic mass is 16.5. The molecular weight excluding hydrogens is 268 g/mol. The Bertz CT molecular complexity index is 821. The molecule has 0 aliphatic carbocycles. The predicted molar refractivity (Wildman–Crippen MR) is 82.6 cm³/mol. The summed E-state index contributed by atoms with van der Waals surface area (Å²) >= 11 is 0. The highest BCUT2D eigenvalue weighted by Gasteiger charge is 2.15. The van der Waals surface area contributed by atoms with Crippen LogP contribution in [-0.4, -0.2) is 19.1 Å². The van der Waals surface area contributed by atoms with Crippen molar-refractivity contribution < 1.29 is 13.9 Å². The molecule has 0 radical (unpaired) electrons. The van der Waals surface area contributed by atoms with Crippen molar-refractivity contribution in [3.05, 3.63) is 36.4 Å². The number of furan rings is 1. The molecule has 1 unspecified atom stereocenters. The zero-order chi connectivity index (χ0) is 15.0. The Hall–Kier alpha value is -2.53. The summed E-state index contributed by atoms with van der Waals surface area (Å²) in [5, 5.41) is 4.70. The number of fused-ring (bicyclic) bond motifs is 3. The largest absolute Gasteiger partial charge is 0.495 e. The lowest BCUT2D eigenvalue weighted by atomic mass is 10.1. The molecule has 2 aromatic carbocycles. The molecule has 3 rings (SSSR count). The van der Waals surface area contributed by atoms with Crippen LogP contribution in [-0.2, 0) is 4.79 Å². The summed E-state index contributed by atoms with van der Waals surface area (Å²) < 4.78 is 11.2. The molecule has 0 saturated carbocycles. The first-order valence-electron chi connectivity index (χ1n) is 6.66. The lowest BCUT2D eigenvalue weighted by molar-refractivity contribution is -0.117. The molecule has 3 N–H and O–H groups in total. The van der Waals surface area contributed by atoms with E-state index in [2.05, 4.69) is 5.32 Å². The number of carbonyl (C=O) groups excluding carboxylic acids is 1. The number of hydrogen-bond donors (Lipinski definition) is 2. The van der Waals surface area contributed by atoms with Crippen LogP contribution in [0.5, 0.6) is 5.75 Å². The van der Waals surface area contributed by atoms with Gasteiger partial charge in [0.2, 0.25) is 5.91 Å². The maximum absolute atomic E-state index is 11.8. The number of nitrogens with two attached hydrogens (primary N) is 1. The van der Waals surface area contributed by atoms with Gasteiger partial charge in [-0.1, -0.05) is 18.2 Å². The average Bonchev–Trinajstić information content (AvgIpc) is 2.83. The topological polar surface area (TPSA) is 77.5 Å². The van der Waals surface area contributed by atoms with E-state index in [9.17, 15) is 4.79 Å². The van der Waals surface area contributed by atoms with Crippen LogP contribution in [0.15, 0.2) is 40.8 Å². The molecule has 1 heterocycles. The standard InChI is InChI=1S/C16H16N2O3/c1-9(17)16(19)18-12-8-14-11(7-15(12)20-2)10-5-3-4-6-13(10)21-14/h3-9H,17H2,1-2H3,(H,18,19). The number of benzene rings is 2. The Morgan fingerprint density at radius 2 is 2.00 bits per heavy atom. The van der Waals surface area contributed by atoms with E-state index in [4.69, 9.17) is 14.9 Å². The first-order chi connectivity index (χ1) is 10.1. The summed E-state index contributed by atoms with van der Waals surface area (Å²) in [4.78, 5) is 11.8. The lowest BCUT2D eigenvalue weighted by Gasteiger charge is -2.11. The number of anilines is 1. The first-order valence-corrected chi connectivity index (χ1v) is 6.66. The number of ether oxygens (including phenoxy) is 1. The fourth-order valence-corrected chi connectivity index (χ4v) is 2.26. The molecule has 21 heavy (non-hydrogen) atoms. The van der Waals surface area contributed by atoms with Gasteiger partial charge >= 0.3 is 0 Å². The smallest absolute Gasteiger partial charge is 0.241 e. The second-order valence-electron chi connectivity index (χ2n) is 4.92. The molecule has 0 fully saturated rings. The molecule has 0 saturated heterocycles. The minimum atomic E-state index is -0.596. The van der Waals surface area contributed by atoms with Gasteiger partial charge in [0.1, 0.15) is 16.9 Å². The van der Waals surface area contributed by atoms with Crippen LogP contribution in [0.1, 0.15) is 6.92 Å². The third-order valence-corrected chi connectivity index (χ3v) is 3.37. The Morgan fingerprint density at radius 1 is 1.24 bits per heavy atom. The third-order valence-electron chi connectivity index (χ3n) is 3.37. The maximum atomic E-state index is 11.8. The molecule has 0 spiro atoms. The highest BCUT2D eigenvalue weighted by molar-refractivity contribution is 6.08. The van der Waals surface area contributed by atoms with Crippen molar-refractivity contribution in [2.24, 2.45) is 5.73 Å². The molecule has 5 nitrogen and oxygen atoms in total. The van der Waals surface area contributed by atoms with Crippen molar-refractivity contribution in [3.8, 4) is 5.75 Å². The normalized spacial score (nSPS) is 12.5. The minimum absolute atomic E-state index is 0.274. The fourth-order valence-electron chi connectivity index (χ4n) is 2.26. The SMILES string of the molecule is COc1cc2c(cc1NC(=O)C(C)N)oc1ccccc12. The summed E-state index contributed by atoms with van der Waals surface area (Å²) in [6, 6.07) is 10.8. The van der Waals surface area contributed by atoms with Gasteiger partial charge in [0.25, 0.3) is 0 Å². The van der Waals surface area contributed by atoms with E-state index in [0.717, 1.165) is 16.4 Å². The van der Waals surface area contributed by atoms with Gasteiger partial charge in [0.15, 0.2) is 0 Å². The first kappa shape index (κ1) is 13.5. The monoisotopic (exact) mass is 284 g/mol. The van der Waals surface area contributed by atoms with Crippen molar-refractivity contribution in [2.75, 3.05) is 12.4 Å². The van der Waals surface area contributed by atoms with Gasteiger partial charge in [-0.2, -0.15) is 0 Å². The van der Waals surface area contributed by atoms with Gasteiger partial charge in [0, 0.05) is 16.8 Å². The number of para-hydroxylation sites is 1. The van der Waals surface area contributed by atoms with Crippen molar-refractivity contribution in [3.63, 3.8) is 0 Å². The molecule has 1 amide bonds. The third kappa shape index (κ3) is 2.32. The summed E-state index contributed by atoms with van der Waals surface area (Å²) in [6.07, 6.45) is 0. The van der Waals surface area contributed by atoms with E-state index in [1.165, 1.54) is 0 Å². The van der Waals surface area contributed by atoms with E-state index in [-0.39, 0.29) is 5.91 Å². The number of carbonyl (C=O) groups is 1. The molecule has 0 bridgehead atoms. The molecule has 108 valence electrons. The Morgan fingerprint density at radius 3 is 2.71 bits per heavy atom. The van der Waals surface area contributed by atoms with Crippen LogP contribution in [0.4, 0.5) is 5.69 Å². The van der Waals surface area contributed by atoms with Crippen molar-refractivity contribution in [2.45, 2.75) is 13.0 Å². The van der Waals surface area contributed by atoms with E-state index in [1.807, 2.05) is 30.3 Å². The zero-order valence-corrected chi connectivity index (χ0v) is 11.8. The van der Waals surface area contributed by atoms with Crippen molar-refractivity contribution in [1.82, 2.24) is 0 Å². The maximum Gasteiger partial charge on any atom is 0.241 e. The van der Waals surface area contributed by atoms with Crippen LogP contribution in [0.2, 0.25) is 0 Å². The number of hydrogen-bond acceptors (Lipinski definition) is 4. The quantitative estimate of drug-likeness (QED) is 0.775. The summed E-state index contributed by atoms with van der Waals surface area (Å²) in [6.45, 7) is 1.63. The molecule has 1 aromatic heterocycles. The second-order valence-corrected chi connectivity index (χ2v) is 4.92. The van der Waals surface area contributed by atoms with Crippen LogP contribution in [0, 0.1) is 0 Å². The van der Waals surface area contributed by atoms with Crippen LogP contribution in [0.25, 0.3) is 21.9 Å². The molecule has 3 aromatic rings. The highest BCUT2D eigenvalue weighted by Crippen LogP contribution is 2.36. The van der Waals surface area contributed by atoms with Crippen LogP contribution in [0.3, 0.4) is 0 Å². The molecular formula is C16H16N2O3. The van der Waals surface area contributed by atoms with Crippen LogP contribution < -0.4 is 15.8 Å². The van der Waals surface area contributed by atoms with E-state index >= 15 is 0 Å². The molecule has 0 aliphatic rings. The van der Waals surface area contributed by atoms with Crippen molar-refractivity contribution in [1.29, 1.82) is 0 Å². The summed E-state index contributed by atoms with van der Waals surface area (Å²) in [5.41, 5.74) is 7.61. The van der Waals surface area contributed by atoms with E-state index in [1.54, 1.807) is 20.1 Å². The Kier molecular flexibility index (Phi) is 3.27. The lowest BCUT2D eigenvalue weighted by Crippen LogP contribution is -2.32. The number of rotatable bonds is 3. The Labute approximate surface area is 121 Å². The van der Waals surface area contributed by atoms with Gasteiger partial charge < -0.3 is 20.2 Å². The second kappa shape index (κ2) is 5.10. The van der Waals surface area contributed by atoms with Gasteiger partial charge in [-0.15, -0.1) is 0 Å². The van der Waals surface area contributed by atoms with Gasteiger partial charge in [0.05, 0.1) is 18.8 Å². The average molecular weight is 284 g/mol. The number of nitrogens with one attached hydrogen (secondary N) is 1. The number of methoxy groups -OCH3 is 1. The van der Waals surface area contributed by atoms with Crippen LogP contribution >= 0.6 is 0 Å². The van der Waals surface area contributed by atoms with E-state index in [0.29, 0.717) is 17.0 Å². The number of amides is 1. The van der Waals surface area contributed by atoms with Gasteiger partial charge in [-0.3, -0.25) is 4.79 Å². The molecule has 1 atom stereocenters. The van der Waals surface area contributed by atoms with E-state index < -0.39 is 6.04 Å². The van der Waals surface area contributed by atoms with Gasteiger partial charge in [-0.25, -0.2) is 0 Å².